The lowest BCUT2D eigenvalue weighted by atomic mass is 9.88. The Morgan fingerprint density at radius 1 is 0.585 bits per heavy atom. The van der Waals surface area contributed by atoms with Crippen molar-refractivity contribution in [2.75, 3.05) is 10.2 Å². The Kier molecular flexibility index (Phi) is 8.66. The zero-order valence-electron chi connectivity index (χ0n) is 35.6. The molecule has 7 aromatic carbocycles. The van der Waals surface area contributed by atoms with Crippen molar-refractivity contribution in [3.63, 3.8) is 0 Å². The summed E-state index contributed by atoms with van der Waals surface area (Å²) in [4.78, 5) is 13.5. The minimum Gasteiger partial charge on any atom is -0.355 e. The maximum atomic E-state index is 5.58. The molecule has 2 aromatic heterocycles. The van der Waals surface area contributed by atoms with Crippen molar-refractivity contribution in [1.82, 2.24) is 14.5 Å². The Morgan fingerprint density at radius 2 is 1.26 bits per heavy atom. The maximum absolute atomic E-state index is 5.58. The summed E-state index contributed by atoms with van der Waals surface area (Å²) in [6, 6.07) is 60.3. The molecule has 0 amide bonds. The third-order valence-electron chi connectivity index (χ3n) is 13.2. The van der Waals surface area contributed by atoms with Gasteiger partial charge in [-0.25, -0.2) is 9.98 Å². The molecule has 13 rings (SSSR count). The molecule has 0 spiro atoms. The average molecular weight is 838 g/mol. The smallest absolute Gasteiger partial charge is 0.226 e. The Hall–Kier alpha value is -8.42. The van der Waals surface area contributed by atoms with Gasteiger partial charge >= 0.3 is 0 Å². The molecule has 1 unspecified atom stereocenters. The van der Waals surface area contributed by atoms with Crippen LogP contribution in [0, 0.1) is 0 Å². The van der Waals surface area contributed by atoms with E-state index in [0.29, 0.717) is 0 Å². The number of hydrogen-bond donors (Lipinski definition) is 2. The lowest BCUT2D eigenvalue weighted by Gasteiger charge is -2.37. The second-order valence-electron chi connectivity index (χ2n) is 17.0. The summed E-state index contributed by atoms with van der Waals surface area (Å²) in [5.74, 6) is 1.48. The van der Waals surface area contributed by atoms with Gasteiger partial charge in [-0.3, -0.25) is 9.13 Å². The highest BCUT2D eigenvalue weighted by atomic mass is 15.4. The normalized spacial score (nSPS) is 16.9. The van der Waals surface area contributed by atoms with Crippen LogP contribution < -0.4 is 15.5 Å². The van der Waals surface area contributed by atoms with Gasteiger partial charge in [0.25, 0.3) is 0 Å². The fraction of sp³-hybridized carbons (Fsp3) is 0.0690. The maximum Gasteiger partial charge on any atom is 0.226 e. The van der Waals surface area contributed by atoms with Crippen LogP contribution in [0.5, 0.6) is 0 Å². The number of rotatable bonds is 6. The van der Waals surface area contributed by atoms with Crippen molar-refractivity contribution in [3.05, 3.63) is 234 Å². The van der Waals surface area contributed by atoms with Gasteiger partial charge in [0.1, 0.15) is 5.84 Å². The monoisotopic (exact) mass is 837 g/mol. The molecule has 9 aromatic rings. The van der Waals surface area contributed by atoms with Crippen molar-refractivity contribution in [3.8, 4) is 11.1 Å². The van der Waals surface area contributed by atoms with E-state index in [1.807, 2.05) is 6.07 Å². The fourth-order valence-corrected chi connectivity index (χ4v) is 10.3. The Morgan fingerprint density at radius 3 is 2.12 bits per heavy atom. The molecule has 65 heavy (non-hydrogen) atoms. The summed E-state index contributed by atoms with van der Waals surface area (Å²) in [5, 5.41) is 12.1. The molecule has 2 bridgehead atoms. The molecule has 0 saturated carbocycles. The van der Waals surface area contributed by atoms with Crippen molar-refractivity contribution in [2.45, 2.75) is 25.6 Å². The van der Waals surface area contributed by atoms with Gasteiger partial charge in [0.05, 0.1) is 22.1 Å². The van der Waals surface area contributed by atoms with Crippen LogP contribution in [0.1, 0.15) is 31.1 Å². The number of aromatic nitrogens is 2. The number of hydrogen-bond acceptors (Lipinski definition) is 5. The van der Waals surface area contributed by atoms with Gasteiger partial charge in [-0.1, -0.05) is 146 Å². The van der Waals surface area contributed by atoms with Crippen LogP contribution in [0.3, 0.4) is 0 Å². The van der Waals surface area contributed by atoms with Gasteiger partial charge in [0.2, 0.25) is 12.2 Å². The lowest BCUT2D eigenvalue weighted by Crippen LogP contribution is -2.40. The van der Waals surface area contributed by atoms with Crippen LogP contribution in [0.25, 0.3) is 54.7 Å². The van der Waals surface area contributed by atoms with E-state index in [9.17, 15) is 0 Å². The van der Waals surface area contributed by atoms with E-state index in [2.05, 4.69) is 225 Å². The summed E-state index contributed by atoms with van der Waals surface area (Å²) < 4.78 is 4.58. The van der Waals surface area contributed by atoms with E-state index in [-0.39, 0.29) is 0 Å². The molecule has 1 atom stereocenters. The molecule has 2 aliphatic heterocycles. The lowest BCUT2D eigenvalue weighted by molar-refractivity contribution is 0.571. The molecule has 4 aliphatic rings. The average Bonchev–Trinajstić information content (AvgIpc) is 3.78. The van der Waals surface area contributed by atoms with Crippen molar-refractivity contribution >= 4 is 72.5 Å². The van der Waals surface area contributed by atoms with Crippen LogP contribution >= 0.6 is 0 Å². The number of nitrogens with one attached hydrogen (secondary N) is 2. The first-order chi connectivity index (χ1) is 32.2. The number of para-hydroxylation sites is 3. The zero-order chi connectivity index (χ0) is 42.8. The number of fused-ring (bicyclic) bond motifs is 9. The van der Waals surface area contributed by atoms with Gasteiger partial charge in [-0.05, 0) is 90.2 Å². The van der Waals surface area contributed by atoms with Gasteiger partial charge < -0.3 is 15.5 Å². The minimum atomic E-state index is -0.604. The standard InChI is InChI=1S/C58H43N7/c1-3-17-38(18-4-1)44-23-9-13-27-50(44)59-41-31-33-54-48(36-41)46-25-11-15-29-52(46)64(54)57-60-56(39-19-5-2-6-20-39)61-58(62-57)65-53-30-16-12-26-47(53)49-37-43(32-34-55(49)65)63-42-22-8-7-21-40(35-42)45-24-10-14-28-51(45)63/h1-13,15-27,29-34,36-37,57,59H,14,28,35H2,(H,60,61,62). The molecule has 2 aliphatic carbocycles. The minimum absolute atomic E-state index is 0.604. The molecule has 0 radical (unpaired) electrons. The summed E-state index contributed by atoms with van der Waals surface area (Å²) in [6.45, 7) is 0. The predicted molar refractivity (Wildman–Crippen MR) is 270 cm³/mol. The van der Waals surface area contributed by atoms with Crippen LogP contribution in [0.2, 0.25) is 0 Å². The highest BCUT2D eigenvalue weighted by Gasteiger charge is 2.30. The van der Waals surface area contributed by atoms with Crippen LogP contribution in [0.4, 0.5) is 17.1 Å². The number of amidine groups is 1. The first-order valence-corrected chi connectivity index (χ1v) is 22.5. The van der Waals surface area contributed by atoms with E-state index < -0.39 is 6.29 Å². The molecule has 310 valence electrons. The molecular formula is C58H43N7. The summed E-state index contributed by atoms with van der Waals surface area (Å²) >= 11 is 0. The Labute approximate surface area is 376 Å². The molecule has 0 saturated heterocycles. The first kappa shape index (κ1) is 37.2. The van der Waals surface area contributed by atoms with Crippen LogP contribution in [-0.4, -0.2) is 20.9 Å². The number of aliphatic imine (C=N–C) groups is 2. The Balaban J connectivity index is 0.964. The molecule has 0 fully saturated rings. The fourth-order valence-electron chi connectivity index (χ4n) is 10.3. The van der Waals surface area contributed by atoms with Gasteiger partial charge in [-0.15, -0.1) is 0 Å². The third-order valence-corrected chi connectivity index (χ3v) is 13.2. The number of nitrogens with zero attached hydrogens (tertiary/aromatic N) is 5. The van der Waals surface area contributed by atoms with E-state index in [0.717, 1.165) is 86.4 Å². The van der Waals surface area contributed by atoms with E-state index in [1.165, 1.54) is 44.6 Å². The van der Waals surface area contributed by atoms with E-state index in [4.69, 9.17) is 9.98 Å². The largest absolute Gasteiger partial charge is 0.355 e. The first-order valence-electron chi connectivity index (χ1n) is 22.5. The highest BCUT2D eigenvalue weighted by Crippen LogP contribution is 2.44. The predicted octanol–water partition coefficient (Wildman–Crippen LogP) is 13.9. The summed E-state index contributed by atoms with van der Waals surface area (Å²) in [6.07, 6.45) is 15.9. The molecule has 7 nitrogen and oxygen atoms in total. The van der Waals surface area contributed by atoms with Gasteiger partial charge in [-0.2, -0.15) is 0 Å². The number of anilines is 3. The Bertz CT molecular complexity index is 3630. The van der Waals surface area contributed by atoms with Crippen molar-refractivity contribution in [2.24, 2.45) is 9.98 Å². The van der Waals surface area contributed by atoms with Gasteiger partial charge in [0, 0.05) is 67.5 Å². The van der Waals surface area contributed by atoms with E-state index >= 15 is 0 Å². The molecular weight excluding hydrogens is 795 g/mol. The second kappa shape index (κ2) is 15.1. The second-order valence-corrected chi connectivity index (χ2v) is 17.0. The number of benzene rings is 7. The molecule has 7 heteroatoms. The third kappa shape index (κ3) is 6.19. The van der Waals surface area contributed by atoms with Gasteiger partial charge in [0.15, 0.2) is 0 Å². The zero-order valence-corrected chi connectivity index (χ0v) is 35.6. The van der Waals surface area contributed by atoms with Crippen molar-refractivity contribution in [1.29, 1.82) is 0 Å². The highest BCUT2D eigenvalue weighted by molar-refractivity contribution is 6.19. The van der Waals surface area contributed by atoms with Crippen LogP contribution in [-0.2, 0) is 0 Å². The topological polar surface area (TPSA) is 61.9 Å². The van der Waals surface area contributed by atoms with E-state index in [1.54, 1.807) is 0 Å². The molecule has 2 N–H and O–H groups in total. The number of allylic oxidation sites excluding steroid dienone is 9. The SMILES string of the molecule is C1=CC=C2CC(=C1)C1=C(CCC=C1)N2c1ccc2c(c1)c1ccccc1n2C1=NC(n2c3ccccc3c3cc(Nc4ccccc4-c4ccccc4)ccc32)N=C(c2ccccc2)N1. The quantitative estimate of drug-likeness (QED) is 0.175. The summed E-state index contributed by atoms with van der Waals surface area (Å²) in [7, 11) is 0. The molecule has 4 heterocycles. The summed E-state index contributed by atoms with van der Waals surface area (Å²) in [5.41, 5.74) is 16.3. The van der Waals surface area contributed by atoms with Crippen molar-refractivity contribution < 1.29 is 0 Å². The van der Waals surface area contributed by atoms with Crippen LogP contribution in [0.15, 0.2) is 239 Å².